The van der Waals surface area contributed by atoms with Gasteiger partial charge in [0, 0.05) is 18.7 Å². The molecule has 0 atom stereocenters. The van der Waals surface area contributed by atoms with Crippen LogP contribution in [0.2, 0.25) is 0 Å². The van der Waals surface area contributed by atoms with E-state index in [2.05, 4.69) is 10.3 Å². The normalized spacial score (nSPS) is 14.9. The van der Waals surface area contributed by atoms with Crippen LogP contribution in [0.4, 0.5) is 14.6 Å². The SMILES string of the molecule is O=CC(F)(F)CCc1ccc2c(n1)NCCC2. The van der Waals surface area contributed by atoms with Gasteiger partial charge in [0.25, 0.3) is 0 Å². The third-order valence-corrected chi connectivity index (χ3v) is 2.84. The Balaban J connectivity index is 2.05. The van der Waals surface area contributed by atoms with Crippen LogP contribution in [0.15, 0.2) is 12.1 Å². The van der Waals surface area contributed by atoms with E-state index >= 15 is 0 Å². The maximum atomic E-state index is 12.8. The van der Waals surface area contributed by atoms with E-state index in [4.69, 9.17) is 0 Å². The molecule has 1 aromatic heterocycles. The Morgan fingerprint density at radius 1 is 1.47 bits per heavy atom. The molecule has 5 heteroatoms. The zero-order valence-electron chi connectivity index (χ0n) is 9.38. The van der Waals surface area contributed by atoms with Crippen molar-refractivity contribution in [2.24, 2.45) is 0 Å². The molecule has 92 valence electrons. The molecule has 0 aromatic carbocycles. The van der Waals surface area contributed by atoms with E-state index in [1.807, 2.05) is 6.07 Å². The second-order valence-corrected chi connectivity index (χ2v) is 4.22. The number of nitrogens with one attached hydrogen (secondary N) is 1. The second kappa shape index (κ2) is 4.77. The number of hydrogen-bond acceptors (Lipinski definition) is 3. The van der Waals surface area contributed by atoms with Gasteiger partial charge in [0.15, 0.2) is 6.29 Å². The minimum atomic E-state index is -3.25. The molecular weight excluding hydrogens is 226 g/mol. The Bertz CT molecular complexity index is 421. The van der Waals surface area contributed by atoms with E-state index in [1.54, 1.807) is 6.07 Å². The zero-order chi connectivity index (χ0) is 12.3. The highest BCUT2D eigenvalue weighted by atomic mass is 19.3. The number of anilines is 1. The van der Waals surface area contributed by atoms with Crippen molar-refractivity contribution in [2.45, 2.75) is 31.6 Å². The van der Waals surface area contributed by atoms with Crippen LogP contribution < -0.4 is 5.32 Å². The first-order valence-electron chi connectivity index (χ1n) is 5.67. The van der Waals surface area contributed by atoms with Gasteiger partial charge in [0.2, 0.25) is 0 Å². The Morgan fingerprint density at radius 2 is 2.29 bits per heavy atom. The molecule has 17 heavy (non-hydrogen) atoms. The summed E-state index contributed by atoms with van der Waals surface area (Å²) < 4.78 is 25.5. The minimum absolute atomic E-state index is 0.112. The molecule has 0 aliphatic carbocycles. The minimum Gasteiger partial charge on any atom is -0.370 e. The second-order valence-electron chi connectivity index (χ2n) is 4.22. The first kappa shape index (κ1) is 12.0. The number of pyridine rings is 1. The Labute approximate surface area is 98.2 Å². The van der Waals surface area contributed by atoms with Gasteiger partial charge in [-0.1, -0.05) is 6.07 Å². The average molecular weight is 240 g/mol. The monoisotopic (exact) mass is 240 g/mol. The van der Waals surface area contributed by atoms with Gasteiger partial charge in [-0.3, -0.25) is 4.79 Å². The fourth-order valence-corrected chi connectivity index (χ4v) is 1.86. The van der Waals surface area contributed by atoms with Crippen molar-refractivity contribution in [3.05, 3.63) is 23.4 Å². The molecule has 0 amide bonds. The van der Waals surface area contributed by atoms with Crippen molar-refractivity contribution in [1.82, 2.24) is 4.98 Å². The molecule has 1 N–H and O–H groups in total. The lowest BCUT2D eigenvalue weighted by Crippen LogP contribution is -2.19. The van der Waals surface area contributed by atoms with Gasteiger partial charge in [-0.05, 0) is 30.9 Å². The number of nitrogens with zero attached hydrogens (tertiary/aromatic N) is 1. The van der Waals surface area contributed by atoms with Crippen molar-refractivity contribution >= 4 is 12.1 Å². The van der Waals surface area contributed by atoms with Crippen LogP contribution in [0, 0.1) is 0 Å². The Hall–Kier alpha value is -1.52. The van der Waals surface area contributed by atoms with Gasteiger partial charge in [-0.15, -0.1) is 0 Å². The lowest BCUT2D eigenvalue weighted by Gasteiger charge is -2.17. The zero-order valence-corrected chi connectivity index (χ0v) is 9.38. The van der Waals surface area contributed by atoms with Crippen LogP contribution in [0.5, 0.6) is 0 Å². The summed E-state index contributed by atoms with van der Waals surface area (Å²) in [5.74, 6) is -2.45. The van der Waals surface area contributed by atoms with Gasteiger partial charge < -0.3 is 5.32 Å². The van der Waals surface area contributed by atoms with Crippen molar-refractivity contribution in [3.63, 3.8) is 0 Å². The van der Waals surface area contributed by atoms with E-state index in [1.165, 1.54) is 0 Å². The number of aryl methyl sites for hydroxylation is 2. The number of aromatic nitrogens is 1. The average Bonchev–Trinajstić information content (AvgIpc) is 2.36. The summed E-state index contributed by atoms with van der Waals surface area (Å²) in [6.07, 6.45) is 1.37. The number of halogens is 2. The number of hydrogen-bond donors (Lipinski definition) is 1. The molecule has 0 radical (unpaired) electrons. The summed E-state index contributed by atoms with van der Waals surface area (Å²) in [6, 6.07) is 3.68. The molecule has 0 saturated heterocycles. The van der Waals surface area contributed by atoms with E-state index in [0.29, 0.717) is 5.69 Å². The molecule has 1 aliphatic heterocycles. The standard InChI is InChI=1S/C12H14F2N2O/c13-12(14,8-17)6-5-10-4-3-9-2-1-7-15-11(9)16-10/h3-4,8H,1-2,5-7H2,(H,15,16). The summed E-state index contributed by atoms with van der Waals surface area (Å²) >= 11 is 0. The quantitative estimate of drug-likeness (QED) is 0.820. The van der Waals surface area contributed by atoms with Gasteiger partial charge in [-0.25, -0.2) is 4.98 Å². The summed E-state index contributed by atoms with van der Waals surface area (Å²) in [5, 5.41) is 3.15. The molecule has 3 nitrogen and oxygen atoms in total. The fraction of sp³-hybridized carbons (Fsp3) is 0.500. The lowest BCUT2D eigenvalue weighted by atomic mass is 10.1. The molecule has 2 heterocycles. The number of carbonyl (C=O) groups is 1. The van der Waals surface area contributed by atoms with Gasteiger partial charge in [0.05, 0.1) is 0 Å². The van der Waals surface area contributed by atoms with E-state index in [9.17, 15) is 13.6 Å². The van der Waals surface area contributed by atoms with Crippen LogP contribution in [-0.4, -0.2) is 23.7 Å². The van der Waals surface area contributed by atoms with Crippen LogP contribution in [0.25, 0.3) is 0 Å². The largest absolute Gasteiger partial charge is 0.370 e. The number of aldehydes is 1. The van der Waals surface area contributed by atoms with Crippen molar-refractivity contribution in [2.75, 3.05) is 11.9 Å². The van der Waals surface area contributed by atoms with Gasteiger partial charge >= 0.3 is 5.92 Å². The topological polar surface area (TPSA) is 42.0 Å². The molecule has 0 saturated carbocycles. The molecule has 0 spiro atoms. The summed E-state index contributed by atoms with van der Waals surface area (Å²) in [6.45, 7) is 0.869. The molecular formula is C12H14F2N2O. The highest BCUT2D eigenvalue weighted by Crippen LogP contribution is 2.22. The van der Waals surface area contributed by atoms with E-state index < -0.39 is 12.3 Å². The highest BCUT2D eigenvalue weighted by Gasteiger charge is 2.27. The van der Waals surface area contributed by atoms with Crippen LogP contribution in [0.3, 0.4) is 0 Å². The number of rotatable bonds is 4. The van der Waals surface area contributed by atoms with Gasteiger partial charge in [-0.2, -0.15) is 8.78 Å². The predicted octanol–water partition coefficient (Wildman–Crippen LogP) is 2.21. The molecule has 0 fully saturated rings. The molecule has 0 unspecified atom stereocenters. The van der Waals surface area contributed by atoms with Crippen molar-refractivity contribution in [3.8, 4) is 0 Å². The molecule has 0 bridgehead atoms. The highest BCUT2D eigenvalue weighted by molar-refractivity contribution is 5.59. The smallest absolute Gasteiger partial charge is 0.302 e. The van der Waals surface area contributed by atoms with Gasteiger partial charge in [0.1, 0.15) is 5.82 Å². The molecule has 1 aromatic rings. The van der Waals surface area contributed by atoms with E-state index in [-0.39, 0.29) is 12.7 Å². The third kappa shape index (κ3) is 2.99. The fourth-order valence-electron chi connectivity index (χ4n) is 1.86. The lowest BCUT2D eigenvalue weighted by molar-refractivity contribution is -0.129. The first-order valence-corrected chi connectivity index (χ1v) is 5.67. The van der Waals surface area contributed by atoms with Crippen LogP contribution >= 0.6 is 0 Å². The van der Waals surface area contributed by atoms with Crippen molar-refractivity contribution < 1.29 is 13.6 Å². The maximum Gasteiger partial charge on any atom is 0.302 e. The predicted molar refractivity (Wildman–Crippen MR) is 60.4 cm³/mol. The Kier molecular flexibility index (Phi) is 3.36. The van der Waals surface area contributed by atoms with Crippen molar-refractivity contribution in [1.29, 1.82) is 0 Å². The summed E-state index contributed by atoms with van der Waals surface area (Å²) in [4.78, 5) is 14.4. The summed E-state index contributed by atoms with van der Waals surface area (Å²) in [7, 11) is 0. The summed E-state index contributed by atoms with van der Waals surface area (Å²) in [5.41, 5.74) is 1.72. The Morgan fingerprint density at radius 3 is 3.06 bits per heavy atom. The maximum absolute atomic E-state index is 12.8. The molecule has 2 rings (SSSR count). The van der Waals surface area contributed by atoms with Crippen LogP contribution in [0.1, 0.15) is 24.1 Å². The van der Waals surface area contributed by atoms with E-state index in [0.717, 1.165) is 30.8 Å². The number of alkyl halides is 2. The number of fused-ring (bicyclic) bond motifs is 1. The molecule has 1 aliphatic rings. The van der Waals surface area contributed by atoms with Crippen LogP contribution in [-0.2, 0) is 17.6 Å². The number of carbonyl (C=O) groups excluding carboxylic acids is 1. The first-order chi connectivity index (χ1) is 8.11. The third-order valence-electron chi connectivity index (χ3n) is 2.84.